The molecule has 1 aromatic heterocycles. The SMILES string of the molecule is CCOC1(C(O)c2c(Cl)cnn2CCOC)CCCCC1. The smallest absolute Gasteiger partial charge is 0.126 e. The molecule has 5 nitrogen and oxygen atoms in total. The first-order chi connectivity index (χ1) is 10.1. The topological polar surface area (TPSA) is 56.5 Å². The number of hydrogen-bond acceptors (Lipinski definition) is 4. The summed E-state index contributed by atoms with van der Waals surface area (Å²) in [6.07, 6.45) is 5.87. The third kappa shape index (κ3) is 3.59. The summed E-state index contributed by atoms with van der Waals surface area (Å²) in [6, 6.07) is 0. The van der Waals surface area contributed by atoms with Crippen LogP contribution in [0.2, 0.25) is 5.02 Å². The lowest BCUT2D eigenvalue weighted by Crippen LogP contribution is -2.42. The van der Waals surface area contributed by atoms with Crippen molar-refractivity contribution in [2.24, 2.45) is 0 Å². The van der Waals surface area contributed by atoms with Gasteiger partial charge in [0.1, 0.15) is 6.10 Å². The number of ether oxygens (including phenoxy) is 2. The van der Waals surface area contributed by atoms with Crippen molar-refractivity contribution in [1.29, 1.82) is 0 Å². The van der Waals surface area contributed by atoms with Crippen LogP contribution in [0.5, 0.6) is 0 Å². The molecule has 0 aliphatic heterocycles. The first-order valence-electron chi connectivity index (χ1n) is 7.67. The van der Waals surface area contributed by atoms with Crippen molar-refractivity contribution >= 4 is 11.6 Å². The standard InChI is InChI=1S/C15H25ClN2O3/c1-3-21-15(7-5-4-6-8-15)14(19)13-12(16)11-17-18(13)9-10-20-2/h11,14,19H,3-10H2,1-2H3. The fraction of sp³-hybridized carbons (Fsp3) is 0.800. The highest BCUT2D eigenvalue weighted by Gasteiger charge is 2.43. The lowest BCUT2D eigenvalue weighted by atomic mass is 9.79. The molecule has 0 aromatic carbocycles. The van der Waals surface area contributed by atoms with Crippen LogP contribution in [0.3, 0.4) is 0 Å². The van der Waals surface area contributed by atoms with E-state index in [1.165, 1.54) is 6.42 Å². The zero-order valence-corrected chi connectivity index (χ0v) is 13.6. The Morgan fingerprint density at radius 3 is 2.76 bits per heavy atom. The normalized spacial score (nSPS) is 19.6. The Balaban J connectivity index is 2.27. The summed E-state index contributed by atoms with van der Waals surface area (Å²) >= 11 is 6.26. The Hall–Kier alpha value is -0.620. The molecule has 0 saturated heterocycles. The van der Waals surface area contributed by atoms with Crippen LogP contribution in [0.4, 0.5) is 0 Å². The van der Waals surface area contributed by atoms with Gasteiger partial charge in [0.2, 0.25) is 0 Å². The van der Waals surface area contributed by atoms with Gasteiger partial charge in [0, 0.05) is 13.7 Å². The Morgan fingerprint density at radius 2 is 2.14 bits per heavy atom. The largest absolute Gasteiger partial charge is 0.384 e. The number of rotatable bonds is 7. The molecular weight excluding hydrogens is 292 g/mol. The number of nitrogens with zero attached hydrogens (tertiary/aromatic N) is 2. The van der Waals surface area contributed by atoms with E-state index < -0.39 is 11.7 Å². The molecule has 0 bridgehead atoms. The molecule has 1 fully saturated rings. The number of aliphatic hydroxyl groups excluding tert-OH is 1. The maximum absolute atomic E-state index is 11.0. The first-order valence-corrected chi connectivity index (χ1v) is 8.04. The molecular formula is C15H25ClN2O3. The molecule has 1 N–H and O–H groups in total. The molecule has 1 aromatic rings. The van der Waals surface area contributed by atoms with E-state index in [9.17, 15) is 5.11 Å². The van der Waals surface area contributed by atoms with Gasteiger partial charge in [-0.15, -0.1) is 0 Å². The molecule has 1 saturated carbocycles. The lowest BCUT2D eigenvalue weighted by Gasteiger charge is -2.41. The second-order valence-electron chi connectivity index (χ2n) is 5.55. The molecule has 1 aliphatic carbocycles. The van der Waals surface area contributed by atoms with Crippen molar-refractivity contribution in [2.75, 3.05) is 20.3 Å². The summed E-state index contributed by atoms with van der Waals surface area (Å²) < 4.78 is 12.8. The summed E-state index contributed by atoms with van der Waals surface area (Å²) in [5.41, 5.74) is 0.102. The summed E-state index contributed by atoms with van der Waals surface area (Å²) in [6.45, 7) is 3.64. The molecule has 2 rings (SSSR count). The Morgan fingerprint density at radius 1 is 1.43 bits per heavy atom. The van der Waals surface area contributed by atoms with Crippen molar-refractivity contribution in [2.45, 2.75) is 57.3 Å². The van der Waals surface area contributed by atoms with E-state index in [1.807, 2.05) is 6.92 Å². The van der Waals surface area contributed by atoms with Gasteiger partial charge in [-0.2, -0.15) is 5.10 Å². The Kier molecular flexibility index (Phi) is 6.05. The van der Waals surface area contributed by atoms with Crippen LogP contribution in [0.15, 0.2) is 6.20 Å². The lowest BCUT2D eigenvalue weighted by molar-refractivity contribution is -0.144. The Labute approximate surface area is 131 Å². The maximum atomic E-state index is 11.0. The number of aromatic nitrogens is 2. The summed E-state index contributed by atoms with van der Waals surface area (Å²) in [5.74, 6) is 0. The van der Waals surface area contributed by atoms with Crippen molar-refractivity contribution in [3.8, 4) is 0 Å². The van der Waals surface area contributed by atoms with Crippen molar-refractivity contribution in [3.63, 3.8) is 0 Å². The maximum Gasteiger partial charge on any atom is 0.126 e. The van der Waals surface area contributed by atoms with E-state index in [1.54, 1.807) is 18.0 Å². The van der Waals surface area contributed by atoms with Crippen LogP contribution in [0.1, 0.15) is 50.8 Å². The highest BCUT2D eigenvalue weighted by molar-refractivity contribution is 6.31. The fourth-order valence-corrected chi connectivity index (χ4v) is 3.43. The molecule has 120 valence electrons. The van der Waals surface area contributed by atoms with Crippen molar-refractivity contribution in [3.05, 3.63) is 16.9 Å². The van der Waals surface area contributed by atoms with Crippen molar-refractivity contribution < 1.29 is 14.6 Å². The molecule has 0 spiro atoms. The minimum Gasteiger partial charge on any atom is -0.384 e. The van der Waals surface area contributed by atoms with Gasteiger partial charge in [0.25, 0.3) is 0 Å². The molecule has 0 amide bonds. The van der Waals surface area contributed by atoms with Gasteiger partial charge in [-0.3, -0.25) is 4.68 Å². The summed E-state index contributed by atoms with van der Waals surface area (Å²) in [5, 5.41) is 15.7. The number of halogens is 1. The van der Waals surface area contributed by atoms with Crippen molar-refractivity contribution in [1.82, 2.24) is 9.78 Å². The zero-order valence-electron chi connectivity index (χ0n) is 12.8. The van der Waals surface area contributed by atoms with Crippen LogP contribution in [0, 0.1) is 0 Å². The van der Waals surface area contributed by atoms with Crippen LogP contribution in [0.25, 0.3) is 0 Å². The zero-order chi connectivity index (χ0) is 15.3. The van der Waals surface area contributed by atoms with Gasteiger partial charge in [-0.25, -0.2) is 0 Å². The quantitative estimate of drug-likeness (QED) is 0.840. The highest BCUT2D eigenvalue weighted by Crippen LogP contribution is 2.43. The number of aliphatic hydroxyl groups is 1. The van der Waals surface area contributed by atoms with Crippen LogP contribution < -0.4 is 0 Å². The average Bonchev–Trinajstić information content (AvgIpc) is 2.86. The predicted molar refractivity (Wildman–Crippen MR) is 81.5 cm³/mol. The highest BCUT2D eigenvalue weighted by atomic mass is 35.5. The number of methoxy groups -OCH3 is 1. The van der Waals surface area contributed by atoms with E-state index in [-0.39, 0.29) is 0 Å². The van der Waals surface area contributed by atoms with Gasteiger partial charge in [-0.05, 0) is 19.8 Å². The molecule has 0 radical (unpaired) electrons. The van der Waals surface area contributed by atoms with Gasteiger partial charge in [0.05, 0.1) is 35.7 Å². The fourth-order valence-electron chi connectivity index (χ4n) is 3.18. The minimum atomic E-state index is -0.760. The van der Waals surface area contributed by atoms with E-state index in [2.05, 4.69) is 5.10 Å². The Bertz CT molecular complexity index is 439. The van der Waals surface area contributed by atoms with E-state index in [0.717, 1.165) is 25.7 Å². The monoisotopic (exact) mass is 316 g/mol. The predicted octanol–water partition coefficient (Wildman–Crippen LogP) is 2.96. The molecule has 6 heteroatoms. The van der Waals surface area contributed by atoms with E-state index in [4.69, 9.17) is 21.1 Å². The van der Waals surface area contributed by atoms with E-state index in [0.29, 0.717) is 30.5 Å². The number of hydrogen-bond donors (Lipinski definition) is 1. The van der Waals surface area contributed by atoms with Gasteiger partial charge >= 0.3 is 0 Å². The summed E-state index contributed by atoms with van der Waals surface area (Å²) in [7, 11) is 1.64. The van der Waals surface area contributed by atoms with Crippen LogP contribution in [-0.2, 0) is 16.0 Å². The molecule has 1 heterocycles. The molecule has 1 unspecified atom stereocenters. The summed E-state index contributed by atoms with van der Waals surface area (Å²) in [4.78, 5) is 0. The molecule has 21 heavy (non-hydrogen) atoms. The van der Waals surface area contributed by atoms with Crippen LogP contribution in [-0.4, -0.2) is 40.8 Å². The minimum absolute atomic E-state index is 0.489. The van der Waals surface area contributed by atoms with Gasteiger partial charge in [0.15, 0.2) is 0 Å². The third-order valence-corrected chi connectivity index (χ3v) is 4.52. The second-order valence-corrected chi connectivity index (χ2v) is 5.96. The van der Waals surface area contributed by atoms with Gasteiger partial charge in [-0.1, -0.05) is 30.9 Å². The van der Waals surface area contributed by atoms with Crippen LogP contribution >= 0.6 is 11.6 Å². The molecule has 1 atom stereocenters. The average molecular weight is 317 g/mol. The first kappa shape index (κ1) is 16.7. The molecule has 1 aliphatic rings. The van der Waals surface area contributed by atoms with E-state index >= 15 is 0 Å². The van der Waals surface area contributed by atoms with Gasteiger partial charge < -0.3 is 14.6 Å². The second kappa shape index (κ2) is 7.58. The third-order valence-electron chi connectivity index (χ3n) is 4.23.